The molecule has 37 heavy (non-hydrogen) atoms. The molecule has 3 aromatic heterocycles. The number of urea groups is 1. The van der Waals surface area contributed by atoms with Crippen molar-refractivity contribution in [2.45, 2.75) is 31.8 Å². The molecule has 2 aliphatic rings. The standard InChI is InChI=1S/C28H31N7OS/c29-24-9-12-35(17-23(24)27(30)19-7-8-26-31-10-13-34(26)15-19)28(36)32-21-4-3-11-33(16-21)14-20-18-37-25-6-2-1-5-22(20)25/h1-2,5-8,10,13,15,18,27H,3-4,9,11-12,14,16-17,29-30H2/b32-21-. The molecule has 0 radical (unpaired) electrons. The van der Waals surface area contributed by atoms with E-state index in [4.69, 9.17) is 11.5 Å². The Labute approximate surface area is 219 Å². The van der Waals surface area contributed by atoms with Crippen LogP contribution in [0, 0.1) is 0 Å². The van der Waals surface area contributed by atoms with E-state index in [2.05, 4.69) is 44.5 Å². The van der Waals surface area contributed by atoms with Crippen molar-refractivity contribution in [1.29, 1.82) is 0 Å². The van der Waals surface area contributed by atoms with Gasteiger partial charge in [-0.15, -0.1) is 11.3 Å². The molecule has 0 saturated carbocycles. The Morgan fingerprint density at radius 3 is 2.95 bits per heavy atom. The molecule has 4 aromatic rings. The number of benzene rings is 1. The second-order valence-corrected chi connectivity index (χ2v) is 10.8. The fourth-order valence-corrected chi connectivity index (χ4v) is 6.29. The van der Waals surface area contributed by atoms with Crippen molar-refractivity contribution in [1.82, 2.24) is 19.2 Å². The first-order valence-electron chi connectivity index (χ1n) is 12.7. The second kappa shape index (κ2) is 10.1. The van der Waals surface area contributed by atoms with Crippen LogP contribution in [-0.2, 0) is 6.54 Å². The summed E-state index contributed by atoms with van der Waals surface area (Å²) >= 11 is 1.79. The molecular weight excluding hydrogens is 482 g/mol. The quantitative estimate of drug-likeness (QED) is 0.423. The van der Waals surface area contributed by atoms with E-state index in [1.807, 2.05) is 28.9 Å². The Hall–Kier alpha value is -3.53. The topological polar surface area (TPSA) is 105 Å². The molecule has 1 aromatic carbocycles. The van der Waals surface area contributed by atoms with Gasteiger partial charge in [-0.1, -0.05) is 24.3 Å². The molecule has 4 N–H and O–H groups in total. The van der Waals surface area contributed by atoms with E-state index in [-0.39, 0.29) is 12.1 Å². The van der Waals surface area contributed by atoms with Crippen molar-refractivity contribution in [2.24, 2.45) is 16.5 Å². The third kappa shape index (κ3) is 4.90. The van der Waals surface area contributed by atoms with E-state index in [9.17, 15) is 4.79 Å². The molecule has 8 nitrogen and oxygen atoms in total. The average Bonchev–Trinajstić information content (AvgIpc) is 3.55. The summed E-state index contributed by atoms with van der Waals surface area (Å²) in [5.41, 5.74) is 18.8. The van der Waals surface area contributed by atoms with Crippen LogP contribution in [-0.4, -0.2) is 57.1 Å². The number of hydrogen-bond donors (Lipinski definition) is 2. The van der Waals surface area contributed by atoms with E-state index in [0.29, 0.717) is 19.5 Å². The van der Waals surface area contributed by atoms with Crippen LogP contribution in [0.3, 0.4) is 0 Å². The minimum atomic E-state index is -0.388. The maximum absolute atomic E-state index is 13.2. The number of carbonyl (C=O) groups excluding carboxylic acids is 1. The van der Waals surface area contributed by atoms with Crippen LogP contribution in [0.2, 0.25) is 0 Å². The number of aromatic nitrogens is 2. The smallest absolute Gasteiger partial charge is 0.343 e. The zero-order valence-corrected chi connectivity index (χ0v) is 21.5. The lowest BCUT2D eigenvalue weighted by Crippen LogP contribution is -2.41. The first-order chi connectivity index (χ1) is 18.0. The van der Waals surface area contributed by atoms with Gasteiger partial charge in [0.1, 0.15) is 5.65 Å². The molecule has 9 heteroatoms. The van der Waals surface area contributed by atoms with Gasteiger partial charge in [-0.25, -0.2) is 14.8 Å². The SMILES string of the molecule is NC1=C(C(N)c2ccc3nccn3c2)CN(C(=O)/N=C2/CCCN(Cc3csc4ccccc34)C2)CC1. The van der Waals surface area contributed by atoms with Gasteiger partial charge < -0.3 is 20.8 Å². The highest BCUT2D eigenvalue weighted by atomic mass is 32.1. The van der Waals surface area contributed by atoms with Crippen LogP contribution < -0.4 is 11.5 Å². The normalized spacial score (nSPS) is 19.3. The monoisotopic (exact) mass is 513 g/mol. The van der Waals surface area contributed by atoms with Gasteiger partial charge in [0.05, 0.1) is 6.04 Å². The molecule has 1 atom stereocenters. The van der Waals surface area contributed by atoms with E-state index in [1.54, 1.807) is 22.4 Å². The van der Waals surface area contributed by atoms with Gasteiger partial charge in [-0.2, -0.15) is 0 Å². The molecule has 0 bridgehead atoms. The Morgan fingerprint density at radius 2 is 2.03 bits per heavy atom. The number of aliphatic imine (C=N–C) groups is 1. The predicted molar refractivity (Wildman–Crippen MR) is 149 cm³/mol. The Morgan fingerprint density at radius 1 is 1.14 bits per heavy atom. The van der Waals surface area contributed by atoms with E-state index < -0.39 is 0 Å². The summed E-state index contributed by atoms with van der Waals surface area (Å²) in [5.74, 6) is 0. The zero-order chi connectivity index (χ0) is 25.4. The Kier molecular flexibility index (Phi) is 6.50. The molecule has 0 aliphatic carbocycles. The van der Waals surface area contributed by atoms with Gasteiger partial charge in [0.25, 0.3) is 0 Å². The summed E-state index contributed by atoms with van der Waals surface area (Å²) in [6.45, 7) is 3.57. The number of rotatable bonds is 4. The van der Waals surface area contributed by atoms with Crippen LogP contribution in [0.25, 0.3) is 15.7 Å². The zero-order valence-electron chi connectivity index (χ0n) is 20.7. The third-order valence-electron chi connectivity index (χ3n) is 7.40. The number of hydrogen-bond acceptors (Lipinski definition) is 6. The van der Waals surface area contributed by atoms with Crippen LogP contribution in [0.4, 0.5) is 4.79 Å². The van der Waals surface area contributed by atoms with Crippen molar-refractivity contribution in [3.8, 4) is 0 Å². The second-order valence-electron chi connectivity index (χ2n) is 9.89. The lowest BCUT2D eigenvalue weighted by Gasteiger charge is -2.32. The number of fused-ring (bicyclic) bond motifs is 2. The van der Waals surface area contributed by atoms with E-state index in [0.717, 1.165) is 60.7 Å². The molecule has 1 unspecified atom stereocenters. The highest BCUT2D eigenvalue weighted by Crippen LogP contribution is 2.28. The van der Waals surface area contributed by atoms with Crippen molar-refractivity contribution < 1.29 is 4.79 Å². The van der Waals surface area contributed by atoms with Gasteiger partial charge >= 0.3 is 6.03 Å². The van der Waals surface area contributed by atoms with Crippen molar-refractivity contribution in [2.75, 3.05) is 26.2 Å². The minimum absolute atomic E-state index is 0.194. The average molecular weight is 514 g/mol. The summed E-state index contributed by atoms with van der Waals surface area (Å²) in [6.07, 6.45) is 8.09. The van der Waals surface area contributed by atoms with Crippen LogP contribution in [0.1, 0.15) is 36.4 Å². The molecule has 6 rings (SSSR count). The van der Waals surface area contributed by atoms with Crippen LogP contribution in [0.15, 0.2) is 76.6 Å². The lowest BCUT2D eigenvalue weighted by molar-refractivity contribution is 0.208. The van der Waals surface area contributed by atoms with Crippen molar-refractivity contribution in [3.05, 3.63) is 82.8 Å². The molecule has 190 valence electrons. The number of nitrogens with zero attached hydrogens (tertiary/aromatic N) is 5. The molecule has 0 spiro atoms. The number of amides is 2. The number of imidazole rings is 1. The number of carbonyl (C=O) groups is 1. The molecular formula is C28H31N7OS. The van der Waals surface area contributed by atoms with Gasteiger partial charge in [0, 0.05) is 67.3 Å². The summed E-state index contributed by atoms with van der Waals surface area (Å²) in [6, 6.07) is 11.9. The Balaban J connectivity index is 1.13. The predicted octanol–water partition coefficient (Wildman–Crippen LogP) is 4.32. The van der Waals surface area contributed by atoms with Gasteiger partial charge in [0.15, 0.2) is 0 Å². The fourth-order valence-electron chi connectivity index (χ4n) is 5.34. The van der Waals surface area contributed by atoms with Gasteiger partial charge in [-0.3, -0.25) is 4.90 Å². The largest absolute Gasteiger partial charge is 0.402 e. The molecule has 2 aliphatic heterocycles. The highest BCUT2D eigenvalue weighted by molar-refractivity contribution is 7.17. The number of likely N-dealkylation sites (tertiary alicyclic amines) is 1. The first kappa shape index (κ1) is 23.8. The number of nitrogens with two attached hydrogens (primary N) is 2. The minimum Gasteiger partial charge on any atom is -0.402 e. The fraction of sp³-hybridized carbons (Fsp3) is 0.321. The molecule has 1 fully saturated rings. The number of pyridine rings is 1. The first-order valence-corrected chi connectivity index (χ1v) is 13.6. The maximum atomic E-state index is 13.2. The lowest BCUT2D eigenvalue weighted by atomic mass is 9.95. The number of piperidine rings is 1. The van der Waals surface area contributed by atoms with E-state index >= 15 is 0 Å². The number of thiophene rings is 1. The summed E-state index contributed by atoms with van der Waals surface area (Å²) < 4.78 is 3.26. The molecule has 2 amide bonds. The summed E-state index contributed by atoms with van der Waals surface area (Å²) in [7, 11) is 0. The van der Waals surface area contributed by atoms with Crippen LogP contribution >= 0.6 is 11.3 Å². The van der Waals surface area contributed by atoms with Gasteiger partial charge in [-0.05, 0) is 59.0 Å². The van der Waals surface area contributed by atoms with Crippen LogP contribution in [0.5, 0.6) is 0 Å². The molecule has 5 heterocycles. The third-order valence-corrected chi connectivity index (χ3v) is 8.41. The highest BCUT2D eigenvalue weighted by Gasteiger charge is 2.27. The summed E-state index contributed by atoms with van der Waals surface area (Å²) in [5, 5.41) is 3.57. The summed E-state index contributed by atoms with van der Waals surface area (Å²) in [4.78, 5) is 26.3. The Bertz CT molecular complexity index is 1520. The molecule has 1 saturated heterocycles. The van der Waals surface area contributed by atoms with Crippen molar-refractivity contribution >= 4 is 38.8 Å². The van der Waals surface area contributed by atoms with Gasteiger partial charge in [0.2, 0.25) is 0 Å². The van der Waals surface area contributed by atoms with E-state index in [1.165, 1.54) is 15.6 Å². The maximum Gasteiger partial charge on any atom is 0.343 e. The van der Waals surface area contributed by atoms with Crippen molar-refractivity contribution in [3.63, 3.8) is 0 Å².